The zero-order valence-electron chi connectivity index (χ0n) is 17.5. The fraction of sp³-hybridized carbons (Fsp3) is 0.360. The Morgan fingerprint density at radius 2 is 1.87 bits per heavy atom. The molecule has 1 fully saturated rings. The summed E-state index contributed by atoms with van der Waals surface area (Å²) in [6.45, 7) is 0.368. The van der Waals surface area contributed by atoms with Crippen LogP contribution in [0.25, 0.3) is 5.57 Å². The highest BCUT2D eigenvalue weighted by Gasteiger charge is 2.32. The van der Waals surface area contributed by atoms with Crippen LogP contribution in [0.2, 0.25) is 0 Å². The van der Waals surface area contributed by atoms with Gasteiger partial charge in [0.15, 0.2) is 6.73 Å². The maximum Gasteiger partial charge on any atom is 0.260 e. The molecule has 0 atom stereocenters. The lowest BCUT2D eigenvalue weighted by Crippen LogP contribution is -2.46. The quantitative estimate of drug-likeness (QED) is 0.692. The monoisotopic (exact) mass is 403 g/mol. The van der Waals surface area contributed by atoms with Gasteiger partial charge in [-0.2, -0.15) is 0 Å². The van der Waals surface area contributed by atoms with Crippen LogP contribution in [0.5, 0.6) is 5.75 Å². The molecule has 156 valence electrons. The summed E-state index contributed by atoms with van der Waals surface area (Å²) >= 11 is 0. The van der Waals surface area contributed by atoms with Crippen molar-refractivity contribution in [1.29, 1.82) is 5.41 Å². The molecule has 1 aliphatic heterocycles. The van der Waals surface area contributed by atoms with E-state index in [0.29, 0.717) is 24.1 Å². The molecule has 2 aliphatic rings. The molecule has 0 spiro atoms. The second-order valence-corrected chi connectivity index (χ2v) is 8.08. The fourth-order valence-electron chi connectivity index (χ4n) is 4.41. The van der Waals surface area contributed by atoms with Crippen LogP contribution in [0.15, 0.2) is 48.7 Å². The normalized spacial score (nSPS) is 17.3. The second-order valence-electron chi connectivity index (χ2n) is 8.08. The van der Waals surface area contributed by atoms with Crippen LogP contribution in [0.1, 0.15) is 59.2 Å². The van der Waals surface area contributed by atoms with E-state index in [2.05, 4.69) is 17.4 Å². The molecule has 1 heterocycles. The molecule has 5 nitrogen and oxygen atoms in total. The molecular formula is C25H29N3O2. The summed E-state index contributed by atoms with van der Waals surface area (Å²) in [6, 6.07) is 14.5. The minimum Gasteiger partial charge on any atom is -0.472 e. The highest BCUT2D eigenvalue weighted by Crippen LogP contribution is 2.31. The lowest BCUT2D eigenvalue weighted by molar-refractivity contribution is 0.0319. The van der Waals surface area contributed by atoms with Gasteiger partial charge in [0.25, 0.3) is 5.91 Å². The van der Waals surface area contributed by atoms with Gasteiger partial charge < -0.3 is 20.4 Å². The van der Waals surface area contributed by atoms with Crippen LogP contribution in [0.3, 0.4) is 0 Å². The Morgan fingerprint density at radius 3 is 2.57 bits per heavy atom. The smallest absolute Gasteiger partial charge is 0.260 e. The first-order valence-electron chi connectivity index (χ1n) is 10.7. The zero-order chi connectivity index (χ0) is 20.9. The number of hydrogen-bond acceptors (Lipinski definition) is 4. The molecule has 5 heteroatoms. The predicted octanol–water partition coefficient (Wildman–Crippen LogP) is 4.61. The number of rotatable bonds is 6. The molecule has 1 aliphatic carbocycles. The van der Waals surface area contributed by atoms with Crippen molar-refractivity contribution in [2.45, 2.75) is 44.6 Å². The Bertz CT molecular complexity index is 943. The first-order chi connectivity index (χ1) is 14.7. The van der Waals surface area contributed by atoms with Crippen LogP contribution in [-0.4, -0.2) is 36.8 Å². The summed E-state index contributed by atoms with van der Waals surface area (Å²) in [6.07, 6.45) is 9.73. The predicted molar refractivity (Wildman–Crippen MR) is 120 cm³/mol. The molecule has 1 saturated carbocycles. The molecule has 4 rings (SSSR count). The van der Waals surface area contributed by atoms with E-state index in [-0.39, 0.29) is 5.91 Å². The van der Waals surface area contributed by atoms with Gasteiger partial charge in [-0.1, -0.05) is 49.6 Å². The minimum absolute atomic E-state index is 0.105. The highest BCUT2D eigenvalue weighted by molar-refractivity contribution is 6.08. The first kappa shape index (κ1) is 20.2. The van der Waals surface area contributed by atoms with Gasteiger partial charge >= 0.3 is 0 Å². The number of carbonyl (C=O) groups is 1. The van der Waals surface area contributed by atoms with E-state index in [9.17, 15) is 4.79 Å². The molecule has 1 amide bonds. The lowest BCUT2D eigenvalue weighted by atomic mass is 9.93. The van der Waals surface area contributed by atoms with Gasteiger partial charge in [0.2, 0.25) is 0 Å². The second kappa shape index (κ2) is 9.16. The van der Waals surface area contributed by atoms with E-state index < -0.39 is 0 Å². The van der Waals surface area contributed by atoms with E-state index >= 15 is 0 Å². The number of fused-ring (bicyclic) bond motifs is 1. The van der Waals surface area contributed by atoms with Crippen molar-refractivity contribution in [1.82, 2.24) is 10.2 Å². The third-order valence-electron chi connectivity index (χ3n) is 6.06. The van der Waals surface area contributed by atoms with Gasteiger partial charge in [-0.05, 0) is 48.1 Å². The van der Waals surface area contributed by atoms with Crippen LogP contribution in [-0.2, 0) is 6.42 Å². The summed E-state index contributed by atoms with van der Waals surface area (Å²) in [7, 11) is 1.83. The summed E-state index contributed by atoms with van der Waals surface area (Å²) in [5.74, 6) is 0.798. The van der Waals surface area contributed by atoms with Crippen LogP contribution in [0, 0.1) is 5.41 Å². The summed E-state index contributed by atoms with van der Waals surface area (Å²) in [4.78, 5) is 15.1. The molecule has 0 radical (unpaired) electrons. The van der Waals surface area contributed by atoms with Crippen molar-refractivity contribution in [2.24, 2.45) is 0 Å². The van der Waals surface area contributed by atoms with E-state index in [1.807, 2.05) is 48.5 Å². The van der Waals surface area contributed by atoms with Crippen molar-refractivity contribution in [2.75, 3.05) is 13.8 Å². The van der Waals surface area contributed by atoms with Gasteiger partial charge in [-0.15, -0.1) is 0 Å². The van der Waals surface area contributed by atoms with Gasteiger partial charge in [-0.3, -0.25) is 4.79 Å². The number of ether oxygens (including phenoxy) is 1. The number of benzene rings is 2. The number of allylic oxidation sites excluding steroid dienone is 1. The van der Waals surface area contributed by atoms with Gasteiger partial charge in [0.05, 0.1) is 5.56 Å². The SMILES string of the molecule is CN/C=C(\C=N)c1ccc(Cc2ccc3c(c2)C(=O)N(C2CCCCC2)CO3)cc1. The van der Waals surface area contributed by atoms with Gasteiger partial charge in [0.1, 0.15) is 5.75 Å². The molecule has 2 aromatic rings. The summed E-state index contributed by atoms with van der Waals surface area (Å²) in [5.41, 5.74) is 4.79. The minimum atomic E-state index is 0.105. The molecule has 0 bridgehead atoms. The van der Waals surface area contributed by atoms with Crippen LogP contribution in [0.4, 0.5) is 0 Å². The number of carbonyl (C=O) groups excluding carboxylic acids is 1. The lowest BCUT2D eigenvalue weighted by Gasteiger charge is -2.37. The third kappa shape index (κ3) is 4.25. The first-order valence-corrected chi connectivity index (χ1v) is 10.7. The highest BCUT2D eigenvalue weighted by atomic mass is 16.5. The fourth-order valence-corrected chi connectivity index (χ4v) is 4.41. The average Bonchev–Trinajstić information content (AvgIpc) is 2.79. The molecule has 0 saturated heterocycles. The summed E-state index contributed by atoms with van der Waals surface area (Å²) < 4.78 is 5.91. The zero-order valence-corrected chi connectivity index (χ0v) is 17.5. The Labute approximate surface area is 178 Å². The molecule has 0 unspecified atom stereocenters. The molecule has 30 heavy (non-hydrogen) atoms. The molecular weight excluding hydrogens is 374 g/mol. The number of amides is 1. The van der Waals surface area contributed by atoms with Crippen molar-refractivity contribution < 1.29 is 9.53 Å². The van der Waals surface area contributed by atoms with E-state index in [0.717, 1.165) is 36.0 Å². The molecule has 2 N–H and O–H groups in total. The van der Waals surface area contributed by atoms with E-state index in [1.54, 1.807) is 0 Å². The van der Waals surface area contributed by atoms with Crippen molar-refractivity contribution in [3.63, 3.8) is 0 Å². The maximum atomic E-state index is 13.1. The number of nitrogens with one attached hydrogen (secondary N) is 2. The van der Waals surface area contributed by atoms with Crippen molar-refractivity contribution in [3.05, 3.63) is 70.9 Å². The third-order valence-corrected chi connectivity index (χ3v) is 6.06. The Morgan fingerprint density at radius 1 is 1.13 bits per heavy atom. The number of hydrogen-bond donors (Lipinski definition) is 2. The molecule has 0 aromatic heterocycles. The van der Waals surface area contributed by atoms with Crippen molar-refractivity contribution >= 4 is 17.7 Å². The summed E-state index contributed by atoms with van der Waals surface area (Å²) in [5, 5.41) is 10.5. The standard InChI is InChI=1S/C25H29N3O2/c1-27-16-21(15-26)20-10-7-18(8-11-20)13-19-9-12-24-23(14-19)25(29)28(17-30-24)22-5-3-2-4-6-22/h7-12,14-16,22,26-27H,2-6,13,17H2,1H3/b21-16+,26-15?. The van der Waals surface area contributed by atoms with E-state index in [1.165, 1.54) is 31.0 Å². The Hall–Kier alpha value is -3.08. The van der Waals surface area contributed by atoms with E-state index in [4.69, 9.17) is 10.1 Å². The Kier molecular flexibility index (Phi) is 6.17. The largest absolute Gasteiger partial charge is 0.472 e. The number of nitrogens with zero attached hydrogens (tertiary/aromatic N) is 1. The topological polar surface area (TPSA) is 65.4 Å². The molecule has 2 aromatic carbocycles. The average molecular weight is 404 g/mol. The van der Waals surface area contributed by atoms with Gasteiger partial charge in [-0.25, -0.2) is 0 Å². The van der Waals surface area contributed by atoms with Crippen LogP contribution < -0.4 is 10.1 Å². The van der Waals surface area contributed by atoms with Gasteiger partial charge in [0, 0.05) is 31.1 Å². The van der Waals surface area contributed by atoms with Crippen LogP contribution >= 0.6 is 0 Å². The maximum absolute atomic E-state index is 13.1. The Balaban J connectivity index is 1.50. The van der Waals surface area contributed by atoms with Crippen molar-refractivity contribution in [3.8, 4) is 5.75 Å².